The van der Waals surface area contributed by atoms with Gasteiger partial charge in [0.25, 0.3) is 0 Å². The summed E-state index contributed by atoms with van der Waals surface area (Å²) in [5.41, 5.74) is 2.24. The van der Waals surface area contributed by atoms with Crippen LogP contribution >= 0.6 is 11.8 Å². The summed E-state index contributed by atoms with van der Waals surface area (Å²) in [6.45, 7) is 9.10. The molecule has 0 saturated carbocycles. The number of rotatable bonds is 10. The number of carbonyl (C=O) groups is 1. The molecule has 5 nitrogen and oxygen atoms in total. The summed E-state index contributed by atoms with van der Waals surface area (Å²) >= 11 is 1.42. The Balaban J connectivity index is 1.66. The van der Waals surface area contributed by atoms with E-state index in [-0.39, 0.29) is 11.2 Å². The first-order valence-corrected chi connectivity index (χ1v) is 11.1. The molecule has 0 aliphatic rings. The molecule has 0 radical (unpaired) electrons. The van der Waals surface area contributed by atoms with Gasteiger partial charge in [-0.1, -0.05) is 85.4 Å². The van der Waals surface area contributed by atoms with Crippen LogP contribution in [0, 0.1) is 0 Å². The number of amides is 1. The van der Waals surface area contributed by atoms with E-state index in [9.17, 15) is 4.79 Å². The molecule has 0 saturated heterocycles. The zero-order valence-corrected chi connectivity index (χ0v) is 18.3. The van der Waals surface area contributed by atoms with Crippen LogP contribution in [0.5, 0.6) is 0 Å². The molecule has 0 aliphatic carbocycles. The summed E-state index contributed by atoms with van der Waals surface area (Å²) in [7, 11) is 0. The molecule has 1 amide bonds. The zero-order valence-electron chi connectivity index (χ0n) is 17.5. The third kappa shape index (κ3) is 5.39. The molecule has 0 unspecified atom stereocenters. The maximum absolute atomic E-state index is 12.7. The Morgan fingerprint density at radius 1 is 1.13 bits per heavy atom. The molecule has 1 N–H and O–H groups in total. The summed E-state index contributed by atoms with van der Waals surface area (Å²) in [5, 5.41) is 12.2. The fourth-order valence-electron chi connectivity index (χ4n) is 3.27. The molecular weight excluding hydrogens is 392 g/mol. The van der Waals surface area contributed by atoms with Crippen LogP contribution in [0.15, 0.2) is 78.5 Å². The highest BCUT2D eigenvalue weighted by Gasteiger charge is 2.21. The molecule has 6 heteroatoms. The number of nitrogens with zero attached hydrogens (tertiary/aromatic N) is 3. The molecule has 0 aliphatic heterocycles. The maximum Gasteiger partial charge on any atom is 0.233 e. The molecule has 2 aromatic carbocycles. The normalized spacial score (nSPS) is 12.9. The average Bonchev–Trinajstić information content (AvgIpc) is 3.17. The summed E-state index contributed by atoms with van der Waals surface area (Å²) < 4.78 is 2.00. The van der Waals surface area contributed by atoms with E-state index in [0.29, 0.717) is 24.2 Å². The lowest BCUT2D eigenvalue weighted by Gasteiger charge is -2.18. The first kappa shape index (κ1) is 21.8. The van der Waals surface area contributed by atoms with Gasteiger partial charge in [0, 0.05) is 24.6 Å². The summed E-state index contributed by atoms with van der Waals surface area (Å²) in [6, 6.07) is 20.2. The van der Waals surface area contributed by atoms with Gasteiger partial charge in [0.2, 0.25) is 5.91 Å². The van der Waals surface area contributed by atoms with Crippen LogP contribution in [0.2, 0.25) is 0 Å². The number of nitrogens with one attached hydrogen (secondary N) is 1. The quantitative estimate of drug-likeness (QED) is 0.373. The summed E-state index contributed by atoms with van der Waals surface area (Å²) in [5.74, 6) is 1.09. The number of hydrogen-bond acceptors (Lipinski definition) is 4. The highest BCUT2D eigenvalue weighted by molar-refractivity contribution is 8.00. The highest BCUT2D eigenvalue weighted by atomic mass is 32.2. The van der Waals surface area contributed by atoms with E-state index in [1.165, 1.54) is 17.3 Å². The molecule has 0 spiro atoms. The number of thioether (sulfide) groups is 1. The monoisotopic (exact) mass is 420 g/mol. The van der Waals surface area contributed by atoms with Crippen LogP contribution in [0.1, 0.15) is 31.7 Å². The van der Waals surface area contributed by atoms with E-state index in [4.69, 9.17) is 0 Å². The van der Waals surface area contributed by atoms with Gasteiger partial charge in [0.1, 0.15) is 0 Å². The van der Waals surface area contributed by atoms with Crippen LogP contribution in [-0.4, -0.2) is 32.5 Å². The molecule has 1 heterocycles. The number of aromatic nitrogens is 3. The molecule has 3 aromatic rings. The minimum atomic E-state index is -0.283. The van der Waals surface area contributed by atoms with Gasteiger partial charge < -0.3 is 5.32 Å². The van der Waals surface area contributed by atoms with E-state index in [2.05, 4.69) is 41.1 Å². The van der Waals surface area contributed by atoms with Gasteiger partial charge in [0.05, 0.1) is 5.25 Å². The Kier molecular flexibility index (Phi) is 7.85. The second-order valence-corrected chi connectivity index (χ2v) is 8.40. The number of benzene rings is 2. The Hall–Kier alpha value is -2.86. The second-order valence-electron chi connectivity index (χ2n) is 7.09. The Bertz CT molecular complexity index is 956. The van der Waals surface area contributed by atoms with E-state index in [0.717, 1.165) is 17.8 Å². The molecular formula is C24H28N4OS. The van der Waals surface area contributed by atoms with Gasteiger partial charge in [-0.05, 0) is 18.9 Å². The van der Waals surface area contributed by atoms with Crippen molar-refractivity contribution in [2.75, 3.05) is 6.54 Å². The van der Waals surface area contributed by atoms with Gasteiger partial charge >= 0.3 is 0 Å². The fourth-order valence-corrected chi connectivity index (χ4v) is 4.16. The van der Waals surface area contributed by atoms with Crippen molar-refractivity contribution in [2.45, 2.75) is 43.1 Å². The van der Waals surface area contributed by atoms with E-state index in [1.54, 1.807) is 0 Å². The molecule has 30 heavy (non-hydrogen) atoms. The zero-order chi connectivity index (χ0) is 21.3. The van der Waals surface area contributed by atoms with Crippen LogP contribution in [0.4, 0.5) is 0 Å². The lowest BCUT2D eigenvalue weighted by Crippen LogP contribution is -2.34. The second kappa shape index (κ2) is 10.8. The molecule has 3 rings (SSSR count). The maximum atomic E-state index is 12.7. The average molecular weight is 421 g/mol. The van der Waals surface area contributed by atoms with Gasteiger partial charge in [-0.3, -0.25) is 9.36 Å². The van der Waals surface area contributed by atoms with E-state index in [1.807, 2.05) is 66.1 Å². The van der Waals surface area contributed by atoms with E-state index < -0.39 is 0 Å². The van der Waals surface area contributed by atoms with Crippen LogP contribution in [-0.2, 0) is 11.3 Å². The standard InChI is InChI=1S/C24H28N4OS/c1-4-16-28-22(21-14-10-7-11-15-21)26-27-24(28)30-18(3)23(29)25-17-19(5-2)20-12-8-6-9-13-20/h4,6-15,18-19H,1,5,16-17H2,2-3H3,(H,25,29)/t18-,19-/m0/s1. The Morgan fingerprint density at radius 3 is 2.43 bits per heavy atom. The van der Waals surface area contributed by atoms with Crippen molar-refractivity contribution in [1.29, 1.82) is 0 Å². The fraction of sp³-hybridized carbons (Fsp3) is 0.292. The van der Waals surface area contributed by atoms with E-state index >= 15 is 0 Å². The third-order valence-electron chi connectivity index (χ3n) is 5.00. The minimum absolute atomic E-state index is 0.00351. The predicted octanol–water partition coefficient (Wildman–Crippen LogP) is 4.92. The predicted molar refractivity (Wildman–Crippen MR) is 123 cm³/mol. The molecule has 1 aromatic heterocycles. The Morgan fingerprint density at radius 2 is 1.80 bits per heavy atom. The molecule has 2 atom stereocenters. The Labute approximate surface area is 182 Å². The van der Waals surface area contributed by atoms with Crippen molar-refractivity contribution in [3.05, 3.63) is 78.9 Å². The smallest absolute Gasteiger partial charge is 0.233 e. The van der Waals surface area contributed by atoms with Gasteiger partial charge in [-0.25, -0.2) is 0 Å². The highest BCUT2D eigenvalue weighted by Crippen LogP contribution is 2.27. The van der Waals surface area contributed by atoms with Crippen molar-refractivity contribution >= 4 is 17.7 Å². The molecule has 156 valence electrons. The first-order chi connectivity index (χ1) is 14.6. The lowest BCUT2D eigenvalue weighted by atomic mass is 9.96. The topological polar surface area (TPSA) is 59.8 Å². The number of carbonyl (C=O) groups excluding carboxylic acids is 1. The number of hydrogen-bond donors (Lipinski definition) is 1. The van der Waals surface area contributed by atoms with Crippen molar-refractivity contribution in [3.63, 3.8) is 0 Å². The minimum Gasteiger partial charge on any atom is -0.355 e. The third-order valence-corrected chi connectivity index (χ3v) is 6.08. The van der Waals surface area contributed by atoms with Crippen LogP contribution in [0.25, 0.3) is 11.4 Å². The van der Waals surface area contributed by atoms with Crippen molar-refractivity contribution in [1.82, 2.24) is 20.1 Å². The van der Waals surface area contributed by atoms with Crippen LogP contribution in [0.3, 0.4) is 0 Å². The first-order valence-electron chi connectivity index (χ1n) is 10.2. The lowest BCUT2D eigenvalue weighted by molar-refractivity contribution is -0.120. The van der Waals surface area contributed by atoms with Gasteiger partial charge in [0.15, 0.2) is 11.0 Å². The largest absolute Gasteiger partial charge is 0.355 e. The van der Waals surface area contributed by atoms with Crippen molar-refractivity contribution in [2.24, 2.45) is 0 Å². The summed E-state index contributed by atoms with van der Waals surface area (Å²) in [4.78, 5) is 12.7. The molecule has 0 fully saturated rings. The van der Waals surface area contributed by atoms with Gasteiger partial charge in [-0.2, -0.15) is 0 Å². The van der Waals surface area contributed by atoms with Gasteiger partial charge in [-0.15, -0.1) is 16.8 Å². The van der Waals surface area contributed by atoms with Crippen LogP contribution < -0.4 is 5.32 Å². The number of allylic oxidation sites excluding steroid dienone is 1. The summed E-state index contributed by atoms with van der Waals surface area (Å²) in [6.07, 6.45) is 2.79. The molecule has 0 bridgehead atoms. The van der Waals surface area contributed by atoms with Crippen molar-refractivity contribution in [3.8, 4) is 11.4 Å². The van der Waals surface area contributed by atoms with Crippen molar-refractivity contribution < 1.29 is 4.79 Å². The SMILES string of the molecule is C=CCn1c(S[C@@H](C)C(=O)NC[C@H](CC)c2ccccc2)nnc1-c1ccccc1.